The number of rotatable bonds is 5. The highest BCUT2D eigenvalue weighted by molar-refractivity contribution is 9.10. The molecule has 0 unspecified atom stereocenters. The second-order valence-corrected chi connectivity index (χ2v) is 5.32. The highest BCUT2D eigenvalue weighted by Crippen LogP contribution is 2.32. The molecule has 0 aromatic heterocycles. The number of alkyl halides is 2. The van der Waals surface area contributed by atoms with Crippen molar-refractivity contribution in [2.24, 2.45) is 5.73 Å². The first-order chi connectivity index (χ1) is 9.99. The topological polar surface area (TPSA) is 47.3 Å². The van der Waals surface area contributed by atoms with Gasteiger partial charge in [-0.25, -0.2) is 0 Å². The van der Waals surface area contributed by atoms with E-state index >= 15 is 0 Å². The lowest BCUT2D eigenvalue weighted by molar-refractivity contribution is -0.0493. The molecule has 2 aromatic rings. The molecule has 21 heavy (non-hydrogen) atoms. The summed E-state index contributed by atoms with van der Waals surface area (Å²) in [7, 11) is 0. The van der Waals surface area contributed by atoms with E-state index in [1.807, 2.05) is 0 Å². The highest BCUT2D eigenvalue weighted by Gasteiger charge is 2.13. The van der Waals surface area contributed by atoms with Crippen molar-refractivity contribution >= 4 is 44.5 Å². The van der Waals surface area contributed by atoms with Gasteiger partial charge in [-0.15, -0.1) is 0 Å². The fourth-order valence-corrected chi connectivity index (χ4v) is 2.72. The molecule has 0 saturated heterocycles. The monoisotopic (exact) mass is 372 g/mol. The molecule has 0 fully saturated rings. The zero-order valence-corrected chi connectivity index (χ0v) is 13.0. The predicted molar refractivity (Wildman–Crippen MR) is 86.4 cm³/mol. The zero-order chi connectivity index (χ0) is 15.4. The Morgan fingerprint density at radius 1 is 1.14 bits per heavy atom. The minimum absolute atomic E-state index is 0.0429. The first kappa shape index (κ1) is 15.7. The molecule has 0 amide bonds. The molecule has 0 bridgehead atoms. The minimum atomic E-state index is -2.90. The zero-order valence-electron chi connectivity index (χ0n) is 10.6. The lowest BCUT2D eigenvalue weighted by atomic mass is 10.1. The summed E-state index contributed by atoms with van der Waals surface area (Å²) in [5.41, 5.74) is 7.29. The number of hydrogen-bond acceptors (Lipinski definition) is 3. The van der Waals surface area contributed by atoms with E-state index in [1.165, 1.54) is 6.07 Å². The van der Waals surface area contributed by atoms with Crippen LogP contribution >= 0.6 is 28.1 Å². The normalized spacial score (nSPS) is 10.5. The number of ether oxygens (including phenoxy) is 1. The Morgan fingerprint density at radius 3 is 2.48 bits per heavy atom. The van der Waals surface area contributed by atoms with Crippen LogP contribution in [0.1, 0.15) is 5.56 Å². The summed E-state index contributed by atoms with van der Waals surface area (Å²) in [6.07, 6.45) is 0. The van der Waals surface area contributed by atoms with E-state index in [4.69, 9.17) is 18.0 Å². The van der Waals surface area contributed by atoms with Gasteiger partial charge >= 0.3 is 6.61 Å². The Morgan fingerprint density at radius 2 is 1.81 bits per heavy atom. The van der Waals surface area contributed by atoms with Crippen molar-refractivity contribution in [3.63, 3.8) is 0 Å². The molecular weight excluding hydrogens is 362 g/mol. The number of anilines is 2. The van der Waals surface area contributed by atoms with Gasteiger partial charge in [0, 0.05) is 15.7 Å². The number of para-hydroxylation sites is 2. The van der Waals surface area contributed by atoms with E-state index in [-0.39, 0.29) is 10.7 Å². The predicted octanol–water partition coefficient (Wildman–Crippen LogP) is 4.43. The van der Waals surface area contributed by atoms with Crippen LogP contribution in [-0.4, -0.2) is 11.6 Å². The standard InChI is InChI=1S/C14H11BrF2N2OS/c15-8-4-3-6-10(12(8)13(18)21)19-9-5-1-2-7-11(9)20-14(16)17/h1-7,14,19H,(H2,18,21). The molecule has 0 atom stereocenters. The first-order valence-electron chi connectivity index (χ1n) is 5.88. The average Bonchev–Trinajstić information content (AvgIpc) is 2.40. The van der Waals surface area contributed by atoms with Gasteiger partial charge in [0.1, 0.15) is 10.7 Å². The van der Waals surface area contributed by atoms with Gasteiger partial charge in [0.15, 0.2) is 0 Å². The van der Waals surface area contributed by atoms with E-state index in [2.05, 4.69) is 26.0 Å². The fourth-order valence-electron chi connectivity index (χ4n) is 1.79. The third-order valence-corrected chi connectivity index (χ3v) is 3.50. The number of nitrogens with two attached hydrogens (primary N) is 1. The first-order valence-corrected chi connectivity index (χ1v) is 7.08. The minimum Gasteiger partial charge on any atom is -0.433 e. The number of hydrogen-bond donors (Lipinski definition) is 2. The van der Waals surface area contributed by atoms with Crippen LogP contribution in [0.15, 0.2) is 46.9 Å². The third-order valence-electron chi connectivity index (χ3n) is 2.63. The second-order valence-electron chi connectivity index (χ2n) is 4.03. The maximum Gasteiger partial charge on any atom is 0.387 e. The van der Waals surface area contributed by atoms with E-state index in [0.29, 0.717) is 21.4 Å². The van der Waals surface area contributed by atoms with Crippen LogP contribution in [0.4, 0.5) is 20.2 Å². The Bertz CT molecular complexity index is 667. The van der Waals surface area contributed by atoms with Gasteiger partial charge in [-0.1, -0.05) is 30.4 Å². The SMILES string of the molecule is NC(=S)c1c(Br)cccc1Nc1ccccc1OC(F)F. The van der Waals surface area contributed by atoms with E-state index in [9.17, 15) is 8.78 Å². The maximum atomic E-state index is 12.4. The summed E-state index contributed by atoms with van der Waals surface area (Å²) >= 11 is 8.37. The quantitative estimate of drug-likeness (QED) is 0.762. The van der Waals surface area contributed by atoms with Crippen molar-refractivity contribution in [2.75, 3.05) is 5.32 Å². The van der Waals surface area contributed by atoms with Gasteiger partial charge in [0.05, 0.1) is 5.69 Å². The van der Waals surface area contributed by atoms with Crippen LogP contribution in [-0.2, 0) is 0 Å². The number of halogens is 3. The van der Waals surface area contributed by atoms with E-state index in [1.54, 1.807) is 36.4 Å². The van der Waals surface area contributed by atoms with Gasteiger partial charge in [-0.3, -0.25) is 0 Å². The lowest BCUT2D eigenvalue weighted by Crippen LogP contribution is -2.13. The van der Waals surface area contributed by atoms with Crippen LogP contribution in [0, 0.1) is 0 Å². The largest absolute Gasteiger partial charge is 0.433 e. The molecule has 0 aliphatic carbocycles. The van der Waals surface area contributed by atoms with Crippen LogP contribution in [0.5, 0.6) is 5.75 Å². The molecule has 0 radical (unpaired) electrons. The average molecular weight is 373 g/mol. The molecule has 3 nitrogen and oxygen atoms in total. The summed E-state index contributed by atoms with van der Waals surface area (Å²) in [5.74, 6) is 0.0429. The van der Waals surface area contributed by atoms with E-state index in [0.717, 1.165) is 0 Å². The smallest absolute Gasteiger partial charge is 0.387 e. The van der Waals surface area contributed by atoms with Gasteiger partial charge < -0.3 is 15.8 Å². The number of nitrogens with one attached hydrogen (secondary N) is 1. The second kappa shape index (κ2) is 6.82. The Labute approximate surface area is 134 Å². The molecule has 2 aromatic carbocycles. The maximum absolute atomic E-state index is 12.4. The van der Waals surface area contributed by atoms with Crippen molar-refractivity contribution in [1.82, 2.24) is 0 Å². The Balaban J connectivity index is 2.39. The molecule has 110 valence electrons. The van der Waals surface area contributed by atoms with Crippen molar-refractivity contribution < 1.29 is 13.5 Å². The molecule has 7 heteroatoms. The van der Waals surface area contributed by atoms with Gasteiger partial charge in [-0.2, -0.15) is 8.78 Å². The lowest BCUT2D eigenvalue weighted by Gasteiger charge is -2.15. The van der Waals surface area contributed by atoms with Gasteiger partial charge in [0.25, 0.3) is 0 Å². The third kappa shape index (κ3) is 3.89. The number of thiocarbonyl (C=S) groups is 1. The molecule has 2 rings (SSSR count). The van der Waals surface area contributed by atoms with Crippen molar-refractivity contribution in [3.8, 4) is 5.75 Å². The molecule has 0 heterocycles. The molecule has 0 spiro atoms. The summed E-state index contributed by atoms with van der Waals surface area (Å²) < 4.78 is 30.0. The fraction of sp³-hybridized carbons (Fsp3) is 0.0714. The highest BCUT2D eigenvalue weighted by atomic mass is 79.9. The van der Waals surface area contributed by atoms with Crippen LogP contribution < -0.4 is 15.8 Å². The number of benzene rings is 2. The Kier molecular flexibility index (Phi) is 5.08. The Hall–Kier alpha value is -1.73. The van der Waals surface area contributed by atoms with Crippen molar-refractivity contribution in [2.45, 2.75) is 6.61 Å². The molecule has 0 saturated carbocycles. The van der Waals surface area contributed by atoms with Crippen LogP contribution in [0.2, 0.25) is 0 Å². The molecule has 3 N–H and O–H groups in total. The summed E-state index contributed by atoms with van der Waals surface area (Å²) in [5, 5.41) is 3.01. The summed E-state index contributed by atoms with van der Waals surface area (Å²) in [6.45, 7) is -2.90. The van der Waals surface area contributed by atoms with Gasteiger partial charge in [-0.05, 0) is 40.2 Å². The summed E-state index contributed by atoms with van der Waals surface area (Å²) in [4.78, 5) is 0.192. The van der Waals surface area contributed by atoms with Crippen molar-refractivity contribution in [1.29, 1.82) is 0 Å². The van der Waals surface area contributed by atoms with Crippen LogP contribution in [0.25, 0.3) is 0 Å². The molecule has 0 aliphatic rings. The molecular formula is C14H11BrF2N2OS. The van der Waals surface area contributed by atoms with E-state index < -0.39 is 6.61 Å². The summed E-state index contributed by atoms with van der Waals surface area (Å²) in [6, 6.07) is 11.7. The van der Waals surface area contributed by atoms with Gasteiger partial charge in [0.2, 0.25) is 0 Å². The van der Waals surface area contributed by atoms with Crippen LogP contribution in [0.3, 0.4) is 0 Å². The molecule has 0 aliphatic heterocycles. The van der Waals surface area contributed by atoms with Crippen molar-refractivity contribution in [3.05, 3.63) is 52.5 Å².